The van der Waals surface area contributed by atoms with E-state index in [0.29, 0.717) is 11.1 Å². The number of oxazole rings is 1. The summed E-state index contributed by atoms with van der Waals surface area (Å²) in [6, 6.07) is 5.35. The molecule has 1 atom stereocenters. The summed E-state index contributed by atoms with van der Waals surface area (Å²) in [7, 11) is 0. The van der Waals surface area contributed by atoms with E-state index in [0.717, 1.165) is 25.3 Å². The third-order valence-electron chi connectivity index (χ3n) is 2.71. The number of benzene rings is 1. The Balaban J connectivity index is 1.89. The molecule has 0 aliphatic carbocycles. The maximum atomic E-state index is 11.0. The molecule has 5 nitrogen and oxygen atoms in total. The van der Waals surface area contributed by atoms with E-state index in [2.05, 4.69) is 10.3 Å². The number of aromatic nitrogens is 1. The van der Waals surface area contributed by atoms with Gasteiger partial charge in [0.2, 0.25) is 0 Å². The molecule has 1 unspecified atom stereocenters. The highest BCUT2D eigenvalue weighted by atomic mass is 16.5. The van der Waals surface area contributed by atoms with Gasteiger partial charge in [-0.05, 0) is 25.1 Å². The topological polar surface area (TPSA) is 67.3 Å². The van der Waals surface area contributed by atoms with E-state index in [1.54, 1.807) is 12.1 Å². The number of ether oxygens (including phenoxy) is 1. The number of H-pyrrole nitrogens is 1. The molecule has 1 aromatic carbocycles. The van der Waals surface area contributed by atoms with Crippen LogP contribution in [0.4, 0.5) is 0 Å². The highest BCUT2D eigenvalue weighted by Gasteiger charge is 2.16. The van der Waals surface area contributed by atoms with Gasteiger partial charge in [0.1, 0.15) is 11.9 Å². The van der Waals surface area contributed by atoms with Crippen molar-refractivity contribution in [3.8, 4) is 5.75 Å². The Morgan fingerprint density at radius 1 is 1.44 bits per heavy atom. The van der Waals surface area contributed by atoms with Gasteiger partial charge in [0.15, 0.2) is 5.58 Å². The monoisotopic (exact) mass is 220 g/mol. The van der Waals surface area contributed by atoms with Crippen LogP contribution in [-0.4, -0.2) is 24.2 Å². The van der Waals surface area contributed by atoms with Gasteiger partial charge in [0, 0.05) is 12.6 Å². The second-order valence-electron chi connectivity index (χ2n) is 3.91. The molecule has 5 heteroatoms. The van der Waals surface area contributed by atoms with Gasteiger partial charge in [0.05, 0.1) is 5.52 Å². The lowest BCUT2D eigenvalue weighted by Gasteiger charge is -2.11. The van der Waals surface area contributed by atoms with Gasteiger partial charge in [-0.15, -0.1) is 0 Å². The molecule has 1 aromatic heterocycles. The fourth-order valence-corrected chi connectivity index (χ4v) is 1.93. The van der Waals surface area contributed by atoms with Crippen LogP contribution in [0.2, 0.25) is 0 Å². The maximum absolute atomic E-state index is 11.0. The third kappa shape index (κ3) is 1.69. The summed E-state index contributed by atoms with van der Waals surface area (Å²) in [4.78, 5) is 13.6. The van der Waals surface area contributed by atoms with Crippen molar-refractivity contribution in [1.29, 1.82) is 0 Å². The second-order valence-corrected chi connectivity index (χ2v) is 3.91. The number of aromatic amines is 1. The molecule has 16 heavy (non-hydrogen) atoms. The molecular weight excluding hydrogens is 208 g/mol. The van der Waals surface area contributed by atoms with Crippen molar-refractivity contribution in [2.75, 3.05) is 13.1 Å². The molecule has 1 fully saturated rings. The Hall–Kier alpha value is -1.75. The summed E-state index contributed by atoms with van der Waals surface area (Å²) in [6.45, 7) is 1.87. The lowest BCUT2D eigenvalue weighted by Crippen LogP contribution is -2.19. The van der Waals surface area contributed by atoms with E-state index >= 15 is 0 Å². The maximum Gasteiger partial charge on any atom is 0.417 e. The lowest BCUT2D eigenvalue weighted by atomic mass is 10.3. The summed E-state index contributed by atoms with van der Waals surface area (Å²) in [6.07, 6.45) is 1.23. The molecule has 2 aromatic rings. The Morgan fingerprint density at radius 2 is 2.38 bits per heavy atom. The molecule has 1 aliphatic rings. The van der Waals surface area contributed by atoms with Crippen molar-refractivity contribution in [1.82, 2.24) is 10.3 Å². The number of nitrogens with one attached hydrogen (secondary N) is 2. The van der Waals surface area contributed by atoms with Crippen LogP contribution in [-0.2, 0) is 0 Å². The Bertz CT molecular complexity index is 552. The smallest absolute Gasteiger partial charge is 0.417 e. The van der Waals surface area contributed by atoms with Crippen molar-refractivity contribution >= 4 is 11.1 Å². The van der Waals surface area contributed by atoms with Crippen LogP contribution in [0, 0.1) is 0 Å². The number of fused-ring (bicyclic) bond motifs is 1. The minimum atomic E-state index is -0.435. The van der Waals surface area contributed by atoms with Crippen molar-refractivity contribution in [3.05, 3.63) is 28.7 Å². The zero-order valence-electron chi connectivity index (χ0n) is 8.66. The van der Waals surface area contributed by atoms with E-state index in [1.165, 1.54) is 0 Å². The van der Waals surface area contributed by atoms with E-state index < -0.39 is 5.76 Å². The van der Waals surface area contributed by atoms with Crippen molar-refractivity contribution in [2.45, 2.75) is 12.5 Å². The van der Waals surface area contributed by atoms with Gasteiger partial charge in [0.25, 0.3) is 0 Å². The molecule has 0 bridgehead atoms. The van der Waals surface area contributed by atoms with Gasteiger partial charge in [-0.1, -0.05) is 0 Å². The largest absolute Gasteiger partial charge is 0.489 e. The molecule has 0 spiro atoms. The normalized spacial score (nSPS) is 20.4. The minimum Gasteiger partial charge on any atom is -0.489 e. The Kier molecular flexibility index (Phi) is 2.18. The molecular formula is C11H12N2O3. The first kappa shape index (κ1) is 9.47. The number of hydrogen-bond donors (Lipinski definition) is 2. The van der Waals surface area contributed by atoms with Crippen LogP contribution >= 0.6 is 0 Å². The van der Waals surface area contributed by atoms with E-state index in [1.807, 2.05) is 6.07 Å². The predicted octanol–water partition coefficient (Wildman–Crippen LogP) is 0.862. The van der Waals surface area contributed by atoms with E-state index in [9.17, 15) is 4.79 Å². The zero-order valence-corrected chi connectivity index (χ0v) is 8.66. The van der Waals surface area contributed by atoms with Crippen molar-refractivity contribution < 1.29 is 9.15 Å². The Labute approximate surface area is 91.4 Å². The summed E-state index contributed by atoms with van der Waals surface area (Å²) >= 11 is 0. The molecule has 2 heterocycles. The first-order valence-corrected chi connectivity index (χ1v) is 5.31. The zero-order chi connectivity index (χ0) is 11.0. The average molecular weight is 220 g/mol. The van der Waals surface area contributed by atoms with Crippen LogP contribution in [0.5, 0.6) is 5.75 Å². The standard InChI is InChI=1S/C11H12N2O3/c14-11-13-9-5-7(1-2-10(9)16-11)15-8-3-4-12-6-8/h1-2,5,8,12H,3-4,6H2,(H,13,14). The van der Waals surface area contributed by atoms with Crippen molar-refractivity contribution in [2.24, 2.45) is 0 Å². The van der Waals surface area contributed by atoms with Gasteiger partial charge in [-0.2, -0.15) is 0 Å². The second kappa shape index (κ2) is 3.68. The van der Waals surface area contributed by atoms with Crippen LogP contribution in [0.3, 0.4) is 0 Å². The fourth-order valence-electron chi connectivity index (χ4n) is 1.93. The average Bonchev–Trinajstić information content (AvgIpc) is 2.85. The molecule has 2 N–H and O–H groups in total. The SMILES string of the molecule is O=c1[nH]c2cc(OC3CCNC3)ccc2o1. The van der Waals surface area contributed by atoms with Crippen LogP contribution in [0.15, 0.2) is 27.4 Å². The number of rotatable bonds is 2. The molecule has 0 amide bonds. The quantitative estimate of drug-likeness (QED) is 0.787. The molecule has 0 radical (unpaired) electrons. The third-order valence-corrected chi connectivity index (χ3v) is 2.71. The Morgan fingerprint density at radius 3 is 3.19 bits per heavy atom. The molecule has 1 saturated heterocycles. The van der Waals surface area contributed by atoms with Gasteiger partial charge in [-0.3, -0.25) is 4.98 Å². The van der Waals surface area contributed by atoms with Gasteiger partial charge in [-0.25, -0.2) is 4.79 Å². The van der Waals surface area contributed by atoms with Gasteiger partial charge >= 0.3 is 5.76 Å². The number of hydrogen-bond acceptors (Lipinski definition) is 4. The molecule has 3 rings (SSSR count). The first-order valence-electron chi connectivity index (χ1n) is 5.31. The summed E-state index contributed by atoms with van der Waals surface area (Å²) in [5.74, 6) is 0.327. The highest BCUT2D eigenvalue weighted by Crippen LogP contribution is 2.20. The van der Waals surface area contributed by atoms with Crippen LogP contribution in [0.25, 0.3) is 11.1 Å². The van der Waals surface area contributed by atoms with Crippen molar-refractivity contribution in [3.63, 3.8) is 0 Å². The predicted molar refractivity (Wildman–Crippen MR) is 58.7 cm³/mol. The highest BCUT2D eigenvalue weighted by molar-refractivity contribution is 5.73. The minimum absolute atomic E-state index is 0.219. The van der Waals surface area contributed by atoms with E-state index in [4.69, 9.17) is 9.15 Å². The summed E-state index contributed by atoms with van der Waals surface area (Å²) in [5.41, 5.74) is 1.23. The molecule has 1 aliphatic heterocycles. The van der Waals surface area contributed by atoms with E-state index in [-0.39, 0.29) is 6.10 Å². The first-order chi connectivity index (χ1) is 7.81. The molecule has 84 valence electrons. The fraction of sp³-hybridized carbons (Fsp3) is 0.364. The van der Waals surface area contributed by atoms with Crippen LogP contribution in [0.1, 0.15) is 6.42 Å². The summed E-state index contributed by atoms with van der Waals surface area (Å²) in [5, 5.41) is 3.23. The van der Waals surface area contributed by atoms with Crippen LogP contribution < -0.4 is 15.8 Å². The molecule has 0 saturated carbocycles. The van der Waals surface area contributed by atoms with Gasteiger partial charge < -0.3 is 14.5 Å². The lowest BCUT2D eigenvalue weighted by molar-refractivity contribution is 0.223. The summed E-state index contributed by atoms with van der Waals surface area (Å²) < 4.78 is 10.7.